The van der Waals surface area contributed by atoms with Gasteiger partial charge in [-0.25, -0.2) is 4.39 Å². The summed E-state index contributed by atoms with van der Waals surface area (Å²) in [5.74, 6) is -0.209. The third kappa shape index (κ3) is 3.91. The van der Waals surface area contributed by atoms with E-state index >= 15 is 0 Å². The topological polar surface area (TPSA) is 29.3 Å². The highest BCUT2D eigenvalue weighted by molar-refractivity contribution is 5.19. The Morgan fingerprint density at radius 3 is 2.25 bits per heavy atom. The van der Waals surface area contributed by atoms with Gasteiger partial charge in [-0.05, 0) is 43.8 Å². The molecule has 0 unspecified atom stereocenters. The van der Waals surface area contributed by atoms with E-state index < -0.39 is 0 Å². The van der Waals surface area contributed by atoms with Gasteiger partial charge >= 0.3 is 0 Å². The normalized spacial score (nSPS) is 13.1. The van der Waals surface area contributed by atoms with Crippen molar-refractivity contribution in [3.63, 3.8) is 0 Å². The Morgan fingerprint density at radius 2 is 1.75 bits per heavy atom. The minimum absolute atomic E-state index is 0.00111. The van der Waals surface area contributed by atoms with Crippen LogP contribution in [0, 0.1) is 5.82 Å². The van der Waals surface area contributed by atoms with E-state index in [1.54, 1.807) is 12.1 Å². The maximum absolute atomic E-state index is 12.7. The third-order valence-corrected chi connectivity index (χ3v) is 2.95. The Balaban J connectivity index is 2.46. The van der Waals surface area contributed by atoms with Crippen LogP contribution in [0.1, 0.15) is 31.9 Å². The maximum Gasteiger partial charge on any atom is 0.123 e. The van der Waals surface area contributed by atoms with E-state index in [1.807, 2.05) is 0 Å². The van der Waals surface area contributed by atoms with Gasteiger partial charge in [-0.3, -0.25) is 0 Å². The van der Waals surface area contributed by atoms with Gasteiger partial charge in [-0.2, -0.15) is 0 Å². The van der Waals surface area contributed by atoms with Gasteiger partial charge in [-0.15, -0.1) is 0 Å². The van der Waals surface area contributed by atoms with Crippen LogP contribution in [0.3, 0.4) is 0 Å². The Morgan fingerprint density at radius 1 is 1.19 bits per heavy atom. The fraction of sp³-hybridized carbons (Fsp3) is 0.538. The number of rotatable bonds is 6. The Kier molecular flexibility index (Phi) is 5.43. The van der Waals surface area contributed by atoms with Crippen LogP contribution in [-0.4, -0.2) is 24.5 Å². The maximum atomic E-state index is 12.7. The average Bonchev–Trinajstić information content (AvgIpc) is 2.31. The second-order valence-electron chi connectivity index (χ2n) is 3.97. The van der Waals surface area contributed by atoms with E-state index in [1.165, 1.54) is 12.1 Å². The number of benzene rings is 1. The molecule has 2 N–H and O–H groups in total. The SMILES string of the molecule is CCN(CC)CC[C@H](N)c1ccc(F)cc1. The summed E-state index contributed by atoms with van der Waals surface area (Å²) < 4.78 is 12.7. The van der Waals surface area contributed by atoms with Gasteiger partial charge in [0.15, 0.2) is 0 Å². The fourth-order valence-electron chi connectivity index (χ4n) is 1.74. The molecule has 0 saturated heterocycles. The number of nitrogens with two attached hydrogens (primary N) is 1. The van der Waals surface area contributed by atoms with Crippen LogP contribution in [0.4, 0.5) is 4.39 Å². The number of halogens is 1. The van der Waals surface area contributed by atoms with Crippen molar-refractivity contribution in [1.29, 1.82) is 0 Å². The average molecular weight is 224 g/mol. The lowest BCUT2D eigenvalue weighted by atomic mass is 10.0. The van der Waals surface area contributed by atoms with Crippen LogP contribution < -0.4 is 5.73 Å². The standard InChI is InChI=1S/C13H21FN2/c1-3-16(4-2)10-9-13(15)11-5-7-12(14)8-6-11/h5-8,13H,3-4,9-10,15H2,1-2H3/t13-/m0/s1. The van der Waals surface area contributed by atoms with E-state index in [-0.39, 0.29) is 11.9 Å². The molecule has 3 heteroatoms. The van der Waals surface area contributed by atoms with Crippen molar-refractivity contribution < 1.29 is 4.39 Å². The van der Waals surface area contributed by atoms with Crippen molar-refractivity contribution in [2.45, 2.75) is 26.3 Å². The predicted octanol–water partition coefficient (Wildman–Crippen LogP) is 2.56. The molecule has 0 aliphatic heterocycles. The molecule has 16 heavy (non-hydrogen) atoms. The zero-order valence-electron chi connectivity index (χ0n) is 10.1. The van der Waals surface area contributed by atoms with Crippen LogP contribution in [0.5, 0.6) is 0 Å². The molecular formula is C13H21FN2. The number of nitrogens with zero attached hydrogens (tertiary/aromatic N) is 1. The molecule has 0 radical (unpaired) electrons. The van der Waals surface area contributed by atoms with Crippen molar-refractivity contribution >= 4 is 0 Å². The van der Waals surface area contributed by atoms with E-state index in [4.69, 9.17) is 5.73 Å². The van der Waals surface area contributed by atoms with E-state index in [0.717, 1.165) is 31.6 Å². The molecule has 90 valence electrons. The lowest BCUT2D eigenvalue weighted by Crippen LogP contribution is -2.27. The van der Waals surface area contributed by atoms with E-state index in [2.05, 4.69) is 18.7 Å². The molecule has 2 nitrogen and oxygen atoms in total. The number of hydrogen-bond donors (Lipinski definition) is 1. The lowest BCUT2D eigenvalue weighted by Gasteiger charge is -2.20. The molecule has 0 aliphatic rings. The van der Waals surface area contributed by atoms with Crippen molar-refractivity contribution in [2.75, 3.05) is 19.6 Å². The Hall–Kier alpha value is -0.930. The molecule has 1 aromatic rings. The zero-order chi connectivity index (χ0) is 12.0. The largest absolute Gasteiger partial charge is 0.324 e. The van der Waals surface area contributed by atoms with Gasteiger partial charge in [0.25, 0.3) is 0 Å². The molecule has 0 aromatic heterocycles. The summed E-state index contributed by atoms with van der Waals surface area (Å²) in [6, 6.07) is 6.46. The molecular weight excluding hydrogens is 203 g/mol. The van der Waals surface area contributed by atoms with Crippen LogP contribution in [0.2, 0.25) is 0 Å². The summed E-state index contributed by atoms with van der Waals surface area (Å²) >= 11 is 0. The van der Waals surface area contributed by atoms with Gasteiger partial charge < -0.3 is 10.6 Å². The smallest absolute Gasteiger partial charge is 0.123 e. The molecule has 1 rings (SSSR count). The summed E-state index contributed by atoms with van der Waals surface area (Å²) in [5, 5.41) is 0. The lowest BCUT2D eigenvalue weighted by molar-refractivity contribution is 0.291. The predicted molar refractivity (Wildman–Crippen MR) is 65.7 cm³/mol. The minimum atomic E-state index is -0.209. The molecule has 0 fully saturated rings. The summed E-state index contributed by atoms with van der Waals surface area (Å²) in [6.45, 7) is 7.38. The third-order valence-electron chi connectivity index (χ3n) is 2.95. The second kappa shape index (κ2) is 6.61. The Labute approximate surface area is 97.3 Å². The van der Waals surface area contributed by atoms with Crippen LogP contribution >= 0.6 is 0 Å². The van der Waals surface area contributed by atoms with Gasteiger partial charge in [0.1, 0.15) is 5.82 Å². The highest BCUT2D eigenvalue weighted by atomic mass is 19.1. The molecule has 0 bridgehead atoms. The van der Waals surface area contributed by atoms with Crippen molar-refractivity contribution in [3.05, 3.63) is 35.6 Å². The summed E-state index contributed by atoms with van der Waals surface area (Å²) in [5.41, 5.74) is 7.06. The first-order valence-corrected chi connectivity index (χ1v) is 5.90. The number of hydrogen-bond acceptors (Lipinski definition) is 2. The quantitative estimate of drug-likeness (QED) is 0.804. The molecule has 0 saturated carbocycles. The molecule has 0 heterocycles. The first-order valence-electron chi connectivity index (χ1n) is 5.90. The molecule has 0 aliphatic carbocycles. The molecule has 0 spiro atoms. The van der Waals surface area contributed by atoms with Gasteiger partial charge in [0, 0.05) is 6.04 Å². The highest BCUT2D eigenvalue weighted by Gasteiger charge is 2.07. The summed E-state index contributed by atoms with van der Waals surface area (Å²) in [7, 11) is 0. The fourth-order valence-corrected chi connectivity index (χ4v) is 1.74. The van der Waals surface area contributed by atoms with Gasteiger partial charge in [0.2, 0.25) is 0 Å². The van der Waals surface area contributed by atoms with Crippen LogP contribution in [0.25, 0.3) is 0 Å². The van der Waals surface area contributed by atoms with Crippen molar-refractivity contribution in [3.8, 4) is 0 Å². The first kappa shape index (κ1) is 13.1. The summed E-state index contributed by atoms with van der Waals surface area (Å²) in [4.78, 5) is 2.34. The van der Waals surface area contributed by atoms with Gasteiger partial charge in [0.05, 0.1) is 0 Å². The Bertz CT molecular complexity index is 293. The monoisotopic (exact) mass is 224 g/mol. The molecule has 0 amide bonds. The first-order chi connectivity index (χ1) is 7.67. The minimum Gasteiger partial charge on any atom is -0.324 e. The second-order valence-corrected chi connectivity index (χ2v) is 3.97. The summed E-state index contributed by atoms with van der Waals surface area (Å²) in [6.07, 6.45) is 0.910. The molecule has 1 aromatic carbocycles. The molecule has 1 atom stereocenters. The van der Waals surface area contributed by atoms with Crippen molar-refractivity contribution in [2.24, 2.45) is 5.73 Å². The van der Waals surface area contributed by atoms with E-state index in [0.29, 0.717) is 0 Å². The van der Waals surface area contributed by atoms with E-state index in [9.17, 15) is 4.39 Å². The van der Waals surface area contributed by atoms with Crippen LogP contribution in [-0.2, 0) is 0 Å². The zero-order valence-corrected chi connectivity index (χ0v) is 10.1. The van der Waals surface area contributed by atoms with Crippen LogP contribution in [0.15, 0.2) is 24.3 Å². The highest BCUT2D eigenvalue weighted by Crippen LogP contribution is 2.14. The van der Waals surface area contributed by atoms with Crippen molar-refractivity contribution in [1.82, 2.24) is 4.90 Å². The van der Waals surface area contributed by atoms with Gasteiger partial charge in [-0.1, -0.05) is 26.0 Å².